The molecule has 2 N–H and O–H groups in total. The largest absolute Gasteiger partial charge is 0.389 e. The third kappa shape index (κ3) is 4.57. The van der Waals surface area contributed by atoms with Crippen molar-refractivity contribution in [2.24, 2.45) is 0 Å². The number of piperidine rings is 1. The molecule has 4 nitrogen and oxygen atoms in total. The predicted octanol–water partition coefficient (Wildman–Crippen LogP) is 3.40. The minimum atomic E-state index is -0.715. The fourth-order valence-corrected chi connectivity index (χ4v) is 4.42. The molecule has 0 spiro atoms. The van der Waals surface area contributed by atoms with E-state index >= 15 is 0 Å². The molecule has 2 aromatic rings. The molecule has 28 heavy (non-hydrogen) atoms. The van der Waals surface area contributed by atoms with Gasteiger partial charge in [-0.15, -0.1) is 12.4 Å². The zero-order valence-electron chi connectivity index (χ0n) is 16.1. The molecule has 1 amide bonds. The van der Waals surface area contributed by atoms with Crippen molar-refractivity contribution in [2.45, 2.75) is 37.2 Å². The first-order valence-corrected chi connectivity index (χ1v) is 10.00. The first-order chi connectivity index (χ1) is 13.1. The number of hydrogen-bond donors (Lipinski definition) is 2. The van der Waals surface area contributed by atoms with E-state index in [0.29, 0.717) is 38.3 Å². The molecule has 1 atom stereocenters. The van der Waals surface area contributed by atoms with Crippen LogP contribution in [0, 0.1) is 0 Å². The van der Waals surface area contributed by atoms with E-state index in [4.69, 9.17) is 0 Å². The SMILES string of the molecule is Cl.O=C(c1ccccc1C1CCNC1)N1CCC(O)(Cc2ccccc2)CC1. The van der Waals surface area contributed by atoms with Gasteiger partial charge in [-0.25, -0.2) is 0 Å². The van der Waals surface area contributed by atoms with Gasteiger partial charge in [0, 0.05) is 31.6 Å². The second-order valence-electron chi connectivity index (χ2n) is 7.96. The Morgan fingerprint density at radius 1 is 1.07 bits per heavy atom. The van der Waals surface area contributed by atoms with Gasteiger partial charge in [-0.1, -0.05) is 48.5 Å². The molecule has 0 aliphatic carbocycles. The number of likely N-dealkylation sites (tertiary alicyclic amines) is 1. The van der Waals surface area contributed by atoms with Crippen LogP contribution in [0.2, 0.25) is 0 Å². The number of carbonyl (C=O) groups excluding carboxylic acids is 1. The summed E-state index contributed by atoms with van der Waals surface area (Å²) in [5, 5.41) is 14.4. The highest BCUT2D eigenvalue weighted by molar-refractivity contribution is 5.96. The number of nitrogens with zero attached hydrogens (tertiary/aromatic N) is 1. The molecule has 2 aromatic carbocycles. The van der Waals surface area contributed by atoms with E-state index in [1.807, 2.05) is 41.3 Å². The van der Waals surface area contributed by atoms with Crippen molar-refractivity contribution in [2.75, 3.05) is 26.2 Å². The van der Waals surface area contributed by atoms with Gasteiger partial charge in [0.05, 0.1) is 5.60 Å². The Kier molecular flexibility index (Phi) is 6.76. The lowest BCUT2D eigenvalue weighted by Crippen LogP contribution is -2.48. The average Bonchev–Trinajstić information content (AvgIpc) is 3.23. The standard InChI is InChI=1S/C23H28N2O2.ClH/c26-22(21-9-5-4-8-20(21)19-10-13-24-17-19)25-14-11-23(27,12-15-25)16-18-6-2-1-3-7-18;/h1-9,19,24,27H,10-17H2;1H. The van der Waals surface area contributed by atoms with Crippen LogP contribution in [0.1, 0.15) is 46.7 Å². The van der Waals surface area contributed by atoms with Gasteiger partial charge in [0.15, 0.2) is 0 Å². The summed E-state index contributed by atoms with van der Waals surface area (Å²) in [6, 6.07) is 18.2. The van der Waals surface area contributed by atoms with E-state index in [1.165, 1.54) is 0 Å². The number of benzene rings is 2. The highest BCUT2D eigenvalue weighted by atomic mass is 35.5. The van der Waals surface area contributed by atoms with Crippen LogP contribution in [-0.2, 0) is 6.42 Å². The second-order valence-corrected chi connectivity index (χ2v) is 7.96. The fraction of sp³-hybridized carbons (Fsp3) is 0.435. The molecule has 0 saturated carbocycles. The van der Waals surface area contributed by atoms with Crippen LogP contribution < -0.4 is 5.32 Å². The molecule has 150 valence electrons. The first kappa shape index (κ1) is 20.8. The van der Waals surface area contributed by atoms with Gasteiger partial charge in [0.2, 0.25) is 0 Å². The Hall–Kier alpha value is -1.88. The summed E-state index contributed by atoms with van der Waals surface area (Å²) in [5.74, 6) is 0.532. The molecule has 2 saturated heterocycles. The molecule has 0 radical (unpaired) electrons. The van der Waals surface area contributed by atoms with Gasteiger partial charge in [-0.2, -0.15) is 0 Å². The molecule has 2 heterocycles. The lowest BCUT2D eigenvalue weighted by atomic mass is 9.85. The van der Waals surface area contributed by atoms with Gasteiger partial charge < -0.3 is 15.3 Å². The summed E-state index contributed by atoms with van der Waals surface area (Å²) in [6.45, 7) is 3.18. The second kappa shape index (κ2) is 9.08. The highest BCUT2D eigenvalue weighted by Gasteiger charge is 2.35. The number of nitrogens with one attached hydrogen (secondary N) is 1. The molecular weight excluding hydrogens is 372 g/mol. The lowest BCUT2D eigenvalue weighted by Gasteiger charge is -2.38. The van der Waals surface area contributed by atoms with Crippen molar-refractivity contribution in [1.29, 1.82) is 0 Å². The van der Waals surface area contributed by atoms with Crippen molar-refractivity contribution in [3.05, 3.63) is 71.3 Å². The molecule has 4 rings (SSSR count). The maximum absolute atomic E-state index is 13.2. The molecule has 2 aliphatic heterocycles. The summed E-state index contributed by atoms with van der Waals surface area (Å²) in [6.07, 6.45) is 2.99. The van der Waals surface area contributed by atoms with E-state index < -0.39 is 5.60 Å². The summed E-state index contributed by atoms with van der Waals surface area (Å²) < 4.78 is 0. The Bertz CT molecular complexity index is 782. The Morgan fingerprint density at radius 2 is 1.75 bits per heavy atom. The third-order valence-corrected chi connectivity index (χ3v) is 6.05. The van der Waals surface area contributed by atoms with Crippen LogP contribution in [-0.4, -0.2) is 47.7 Å². The monoisotopic (exact) mass is 400 g/mol. The van der Waals surface area contributed by atoms with E-state index in [1.54, 1.807) is 0 Å². The molecule has 1 unspecified atom stereocenters. The van der Waals surface area contributed by atoms with Gasteiger partial charge in [-0.05, 0) is 48.9 Å². The zero-order valence-corrected chi connectivity index (χ0v) is 17.0. The molecule has 0 bridgehead atoms. The Labute approximate surface area is 173 Å². The van der Waals surface area contributed by atoms with Crippen molar-refractivity contribution in [3.8, 4) is 0 Å². The zero-order chi connectivity index (χ0) is 18.7. The maximum Gasteiger partial charge on any atom is 0.254 e. The van der Waals surface area contributed by atoms with Crippen molar-refractivity contribution in [1.82, 2.24) is 10.2 Å². The smallest absolute Gasteiger partial charge is 0.254 e. The molecule has 2 fully saturated rings. The summed E-state index contributed by atoms with van der Waals surface area (Å²) in [4.78, 5) is 15.1. The molecule has 2 aliphatic rings. The average molecular weight is 401 g/mol. The van der Waals surface area contributed by atoms with Gasteiger partial charge >= 0.3 is 0 Å². The third-order valence-electron chi connectivity index (χ3n) is 6.05. The predicted molar refractivity (Wildman–Crippen MR) is 114 cm³/mol. The minimum absolute atomic E-state index is 0. The van der Waals surface area contributed by atoms with E-state index in [9.17, 15) is 9.90 Å². The number of halogens is 1. The van der Waals surface area contributed by atoms with Crippen LogP contribution in [0.3, 0.4) is 0 Å². The topological polar surface area (TPSA) is 52.6 Å². The van der Waals surface area contributed by atoms with E-state index in [0.717, 1.165) is 36.2 Å². The van der Waals surface area contributed by atoms with Crippen LogP contribution in [0.5, 0.6) is 0 Å². The van der Waals surface area contributed by atoms with E-state index in [2.05, 4.69) is 23.5 Å². The van der Waals surface area contributed by atoms with Gasteiger partial charge in [-0.3, -0.25) is 4.79 Å². The number of aliphatic hydroxyl groups is 1. The number of rotatable bonds is 4. The van der Waals surface area contributed by atoms with Gasteiger partial charge in [0.1, 0.15) is 0 Å². The van der Waals surface area contributed by atoms with Crippen molar-refractivity contribution in [3.63, 3.8) is 0 Å². The lowest BCUT2D eigenvalue weighted by molar-refractivity contribution is -0.0162. The molecule has 0 aromatic heterocycles. The maximum atomic E-state index is 13.2. The van der Waals surface area contributed by atoms with Crippen LogP contribution in [0.4, 0.5) is 0 Å². The van der Waals surface area contributed by atoms with Crippen LogP contribution in [0.25, 0.3) is 0 Å². The summed E-state index contributed by atoms with van der Waals surface area (Å²) in [7, 11) is 0. The highest BCUT2D eigenvalue weighted by Crippen LogP contribution is 2.30. The van der Waals surface area contributed by atoms with Crippen molar-refractivity contribution >= 4 is 18.3 Å². The summed E-state index contributed by atoms with van der Waals surface area (Å²) in [5.41, 5.74) is 2.43. The Morgan fingerprint density at radius 3 is 2.43 bits per heavy atom. The minimum Gasteiger partial charge on any atom is -0.389 e. The van der Waals surface area contributed by atoms with Crippen LogP contribution >= 0.6 is 12.4 Å². The first-order valence-electron chi connectivity index (χ1n) is 10.00. The Balaban J connectivity index is 0.00000225. The van der Waals surface area contributed by atoms with Crippen LogP contribution in [0.15, 0.2) is 54.6 Å². The summed E-state index contributed by atoms with van der Waals surface area (Å²) >= 11 is 0. The quantitative estimate of drug-likeness (QED) is 0.827. The number of amides is 1. The molecular formula is C23H29ClN2O2. The normalized spacial score (nSPS) is 21.2. The molecule has 5 heteroatoms. The van der Waals surface area contributed by atoms with E-state index in [-0.39, 0.29) is 18.3 Å². The number of carbonyl (C=O) groups is 1. The van der Waals surface area contributed by atoms with Crippen molar-refractivity contribution < 1.29 is 9.90 Å². The van der Waals surface area contributed by atoms with Gasteiger partial charge in [0.25, 0.3) is 5.91 Å². The fourth-order valence-electron chi connectivity index (χ4n) is 4.42. The number of hydrogen-bond acceptors (Lipinski definition) is 3.